The Kier molecular flexibility index (Phi) is 4.17. The number of aromatic hydroxyl groups is 4. The van der Waals surface area contributed by atoms with E-state index in [2.05, 4.69) is 10.5 Å². The number of nitrogens with one attached hydrogen (secondary N) is 1. The van der Waals surface area contributed by atoms with Gasteiger partial charge in [-0.15, -0.1) is 0 Å². The molecule has 2 aromatic carbocycles. The van der Waals surface area contributed by atoms with Crippen LogP contribution in [0.25, 0.3) is 0 Å². The van der Waals surface area contributed by atoms with E-state index in [0.29, 0.717) is 0 Å². The van der Waals surface area contributed by atoms with Crippen molar-refractivity contribution in [2.45, 2.75) is 6.92 Å². The molecule has 0 bridgehead atoms. The molecular weight excluding hydrogens is 288 g/mol. The maximum Gasteiger partial charge on any atom is 0.275 e. The molecule has 0 saturated carbocycles. The largest absolute Gasteiger partial charge is 0.508 e. The average molecular weight is 302 g/mol. The lowest BCUT2D eigenvalue weighted by atomic mass is 10.1. The van der Waals surface area contributed by atoms with Crippen LogP contribution in [0, 0.1) is 0 Å². The summed E-state index contributed by atoms with van der Waals surface area (Å²) < 4.78 is 0. The highest BCUT2D eigenvalue weighted by molar-refractivity contribution is 6.04. The second-order valence-electron chi connectivity index (χ2n) is 4.51. The highest BCUT2D eigenvalue weighted by Crippen LogP contribution is 2.27. The van der Waals surface area contributed by atoms with Gasteiger partial charge < -0.3 is 20.4 Å². The number of hydrogen-bond donors (Lipinski definition) is 5. The zero-order chi connectivity index (χ0) is 16.3. The smallest absolute Gasteiger partial charge is 0.275 e. The lowest BCUT2D eigenvalue weighted by molar-refractivity contribution is 0.0951. The summed E-state index contributed by atoms with van der Waals surface area (Å²) in [6.45, 7) is 1.48. The Hall–Kier alpha value is -3.22. The molecule has 0 spiro atoms. The fourth-order valence-corrected chi connectivity index (χ4v) is 1.86. The topological polar surface area (TPSA) is 122 Å². The number of carbonyl (C=O) groups excluding carboxylic acids is 1. The van der Waals surface area contributed by atoms with Crippen molar-refractivity contribution in [2.75, 3.05) is 0 Å². The van der Waals surface area contributed by atoms with Gasteiger partial charge in [0.1, 0.15) is 23.0 Å². The summed E-state index contributed by atoms with van der Waals surface area (Å²) in [5, 5.41) is 42.1. The molecule has 0 aliphatic rings. The molecule has 0 heterocycles. The molecule has 2 aromatic rings. The molecule has 0 unspecified atom stereocenters. The zero-order valence-electron chi connectivity index (χ0n) is 11.6. The highest BCUT2D eigenvalue weighted by atomic mass is 16.3. The van der Waals surface area contributed by atoms with Gasteiger partial charge in [0.15, 0.2) is 0 Å². The van der Waals surface area contributed by atoms with E-state index >= 15 is 0 Å². The highest BCUT2D eigenvalue weighted by Gasteiger charge is 2.13. The van der Waals surface area contributed by atoms with Gasteiger partial charge in [-0.1, -0.05) is 6.07 Å². The van der Waals surface area contributed by atoms with Gasteiger partial charge in [-0.05, 0) is 37.3 Å². The molecule has 0 saturated heterocycles. The second kappa shape index (κ2) is 6.04. The van der Waals surface area contributed by atoms with Crippen molar-refractivity contribution in [3.63, 3.8) is 0 Å². The molecule has 0 aliphatic heterocycles. The van der Waals surface area contributed by atoms with Crippen molar-refractivity contribution < 1.29 is 25.2 Å². The molecule has 0 atom stereocenters. The van der Waals surface area contributed by atoms with E-state index < -0.39 is 5.91 Å². The predicted octanol–water partition coefficient (Wildman–Crippen LogP) is 1.66. The van der Waals surface area contributed by atoms with Gasteiger partial charge in [-0.3, -0.25) is 4.79 Å². The fraction of sp³-hybridized carbons (Fsp3) is 0.0667. The predicted molar refractivity (Wildman–Crippen MR) is 79.2 cm³/mol. The third kappa shape index (κ3) is 3.09. The normalized spacial score (nSPS) is 11.2. The third-order valence-electron chi connectivity index (χ3n) is 2.93. The van der Waals surface area contributed by atoms with Crippen LogP contribution < -0.4 is 5.43 Å². The van der Waals surface area contributed by atoms with Crippen molar-refractivity contribution in [3.05, 3.63) is 47.5 Å². The zero-order valence-corrected chi connectivity index (χ0v) is 11.6. The summed E-state index contributed by atoms with van der Waals surface area (Å²) in [7, 11) is 0. The quantitative estimate of drug-likeness (QED) is 0.335. The van der Waals surface area contributed by atoms with E-state index in [1.165, 1.54) is 37.3 Å². The average Bonchev–Trinajstić information content (AvgIpc) is 2.47. The van der Waals surface area contributed by atoms with Crippen LogP contribution in [-0.2, 0) is 0 Å². The van der Waals surface area contributed by atoms with Crippen LogP contribution in [0.15, 0.2) is 41.5 Å². The van der Waals surface area contributed by atoms with Crippen LogP contribution in [0.2, 0.25) is 0 Å². The Morgan fingerprint density at radius 2 is 1.64 bits per heavy atom. The van der Waals surface area contributed by atoms with Gasteiger partial charge in [0.25, 0.3) is 5.91 Å². The third-order valence-corrected chi connectivity index (χ3v) is 2.93. The van der Waals surface area contributed by atoms with E-state index in [-0.39, 0.29) is 39.8 Å². The summed E-state index contributed by atoms with van der Waals surface area (Å²) in [5.41, 5.74) is 2.28. The molecule has 1 amide bonds. The molecule has 7 nitrogen and oxygen atoms in total. The molecule has 7 heteroatoms. The first kappa shape index (κ1) is 15.2. The Balaban J connectivity index is 2.24. The van der Waals surface area contributed by atoms with E-state index in [0.717, 1.165) is 6.07 Å². The summed E-state index contributed by atoms with van der Waals surface area (Å²) in [6.07, 6.45) is 0. The van der Waals surface area contributed by atoms with Crippen LogP contribution in [0.3, 0.4) is 0 Å². The number of phenols is 4. The minimum atomic E-state index is -0.748. The number of phenolic OH excluding ortho intramolecular Hbond substituents is 4. The van der Waals surface area contributed by atoms with Crippen LogP contribution in [-0.4, -0.2) is 32.0 Å². The summed E-state index contributed by atoms with van der Waals surface area (Å²) >= 11 is 0. The minimum Gasteiger partial charge on any atom is -0.508 e. The van der Waals surface area contributed by atoms with Crippen LogP contribution >= 0.6 is 0 Å². The lowest BCUT2D eigenvalue weighted by Gasteiger charge is -2.07. The number of carbonyl (C=O) groups is 1. The minimum absolute atomic E-state index is 0.0860. The van der Waals surface area contributed by atoms with E-state index in [9.17, 15) is 25.2 Å². The van der Waals surface area contributed by atoms with Crippen molar-refractivity contribution >= 4 is 11.6 Å². The Labute approximate surface area is 125 Å². The number of benzene rings is 2. The van der Waals surface area contributed by atoms with Crippen LogP contribution in [0.4, 0.5) is 0 Å². The number of hydrazone groups is 1. The SMILES string of the molecule is CC(=NNC(=O)c1cc(O)ccc1O)c1c(O)cccc1O. The second-order valence-corrected chi connectivity index (χ2v) is 4.51. The van der Waals surface area contributed by atoms with Gasteiger partial charge in [0, 0.05) is 0 Å². The van der Waals surface area contributed by atoms with Crippen molar-refractivity contribution in [2.24, 2.45) is 5.10 Å². The first-order valence-electron chi connectivity index (χ1n) is 6.28. The van der Waals surface area contributed by atoms with Gasteiger partial charge in [-0.2, -0.15) is 5.10 Å². The van der Waals surface area contributed by atoms with E-state index in [1.807, 2.05) is 0 Å². The summed E-state index contributed by atoms with van der Waals surface area (Å²) in [6, 6.07) is 7.71. The monoisotopic (exact) mass is 302 g/mol. The summed E-state index contributed by atoms with van der Waals surface area (Å²) in [4.78, 5) is 11.9. The molecule has 114 valence electrons. The first-order valence-corrected chi connectivity index (χ1v) is 6.28. The van der Waals surface area contributed by atoms with Gasteiger partial charge >= 0.3 is 0 Å². The lowest BCUT2D eigenvalue weighted by Crippen LogP contribution is -2.19. The standard InChI is InChI=1S/C15H14N2O5/c1-8(14-12(20)3-2-4-13(14)21)16-17-15(22)10-7-9(18)5-6-11(10)19/h2-7,18-21H,1H3,(H,17,22). The maximum absolute atomic E-state index is 11.9. The maximum atomic E-state index is 11.9. The molecule has 5 N–H and O–H groups in total. The Bertz CT molecular complexity index is 735. The van der Waals surface area contributed by atoms with E-state index in [1.54, 1.807) is 0 Å². The fourth-order valence-electron chi connectivity index (χ4n) is 1.86. The molecular formula is C15H14N2O5. The van der Waals surface area contributed by atoms with Crippen LogP contribution in [0.5, 0.6) is 23.0 Å². The van der Waals surface area contributed by atoms with Gasteiger partial charge in [-0.25, -0.2) is 5.43 Å². The summed E-state index contributed by atoms with van der Waals surface area (Å²) in [5.74, 6) is -1.61. The van der Waals surface area contributed by atoms with Crippen molar-refractivity contribution in [1.82, 2.24) is 5.43 Å². The van der Waals surface area contributed by atoms with Crippen molar-refractivity contribution in [3.8, 4) is 23.0 Å². The van der Waals surface area contributed by atoms with Gasteiger partial charge in [0.2, 0.25) is 0 Å². The number of hydrogen-bond acceptors (Lipinski definition) is 6. The molecule has 2 rings (SSSR count). The number of rotatable bonds is 3. The van der Waals surface area contributed by atoms with Crippen LogP contribution in [0.1, 0.15) is 22.8 Å². The molecule has 0 fully saturated rings. The number of amides is 1. The first-order chi connectivity index (χ1) is 10.4. The number of nitrogens with zero attached hydrogens (tertiary/aromatic N) is 1. The van der Waals surface area contributed by atoms with Gasteiger partial charge in [0.05, 0.1) is 16.8 Å². The molecule has 0 aromatic heterocycles. The van der Waals surface area contributed by atoms with Crippen molar-refractivity contribution in [1.29, 1.82) is 0 Å². The Morgan fingerprint density at radius 1 is 1.00 bits per heavy atom. The Morgan fingerprint density at radius 3 is 2.27 bits per heavy atom. The molecule has 22 heavy (non-hydrogen) atoms. The van der Waals surface area contributed by atoms with E-state index in [4.69, 9.17) is 0 Å². The molecule has 0 radical (unpaired) electrons. The molecule has 0 aliphatic carbocycles.